The smallest absolute Gasteiger partial charge is 0.252 e. The quantitative estimate of drug-likeness (QED) is 0.458. The first-order valence-electron chi connectivity index (χ1n) is 9.80. The average molecular weight is 397 g/mol. The largest absolute Gasteiger partial charge is 0.497 e. The first kappa shape index (κ1) is 20.4. The molecule has 3 rings (SSSR count). The third-order valence-electron chi connectivity index (χ3n) is 4.94. The summed E-state index contributed by atoms with van der Waals surface area (Å²) in [6.07, 6.45) is 3.84. The van der Waals surface area contributed by atoms with Gasteiger partial charge in [-0.15, -0.1) is 0 Å². The van der Waals surface area contributed by atoms with Gasteiger partial charge in [0, 0.05) is 24.7 Å². The lowest BCUT2D eigenvalue weighted by atomic mass is 9.85. The van der Waals surface area contributed by atoms with Crippen LogP contribution in [0.1, 0.15) is 36.0 Å². The normalized spacial score (nSPS) is 13.3. The maximum atomic E-state index is 11.8. The zero-order chi connectivity index (χ0) is 20.6. The van der Waals surface area contributed by atoms with E-state index in [4.69, 9.17) is 10.5 Å². The Labute approximate surface area is 170 Å². The van der Waals surface area contributed by atoms with Crippen LogP contribution in [0.2, 0.25) is 0 Å². The van der Waals surface area contributed by atoms with Crippen LogP contribution in [-0.4, -0.2) is 37.0 Å². The molecule has 154 valence electrons. The Kier molecular flexibility index (Phi) is 6.89. The average Bonchev–Trinajstić information content (AvgIpc) is 2.67. The van der Waals surface area contributed by atoms with Crippen LogP contribution >= 0.6 is 0 Å². The van der Waals surface area contributed by atoms with Gasteiger partial charge in [-0.3, -0.25) is 9.59 Å². The summed E-state index contributed by atoms with van der Waals surface area (Å²) in [5, 5.41) is 9.28. The van der Waals surface area contributed by atoms with Gasteiger partial charge in [0.2, 0.25) is 5.91 Å². The summed E-state index contributed by atoms with van der Waals surface area (Å²) in [4.78, 5) is 28.0. The van der Waals surface area contributed by atoms with E-state index in [2.05, 4.69) is 20.9 Å². The molecule has 2 amide bonds. The molecular weight excluding hydrogens is 370 g/mol. The molecule has 0 spiro atoms. The minimum Gasteiger partial charge on any atom is -0.497 e. The van der Waals surface area contributed by atoms with E-state index in [1.54, 1.807) is 19.2 Å². The molecule has 0 aliphatic heterocycles. The summed E-state index contributed by atoms with van der Waals surface area (Å²) in [6.45, 7) is 1.14. The minimum absolute atomic E-state index is 0.137. The Bertz CT molecular complexity index is 850. The van der Waals surface area contributed by atoms with Crippen LogP contribution in [-0.2, 0) is 4.79 Å². The van der Waals surface area contributed by atoms with E-state index in [1.807, 2.05) is 24.3 Å². The summed E-state index contributed by atoms with van der Waals surface area (Å²) in [7, 11) is 1.61. The molecule has 1 fully saturated rings. The molecule has 2 aromatic rings. The van der Waals surface area contributed by atoms with Crippen LogP contribution in [0.4, 0.5) is 17.3 Å². The molecule has 0 radical (unpaired) electrons. The predicted molar refractivity (Wildman–Crippen MR) is 112 cm³/mol. The molecule has 1 saturated carbocycles. The third-order valence-corrected chi connectivity index (χ3v) is 4.94. The fourth-order valence-corrected chi connectivity index (χ4v) is 3.01. The van der Waals surface area contributed by atoms with Crippen molar-refractivity contribution >= 4 is 29.1 Å². The number of ether oxygens (including phenoxy) is 1. The van der Waals surface area contributed by atoms with Crippen molar-refractivity contribution in [2.24, 2.45) is 11.7 Å². The van der Waals surface area contributed by atoms with Gasteiger partial charge in [0.15, 0.2) is 0 Å². The van der Waals surface area contributed by atoms with E-state index in [9.17, 15) is 9.59 Å². The van der Waals surface area contributed by atoms with Crippen molar-refractivity contribution < 1.29 is 14.3 Å². The number of carbonyl (C=O) groups is 2. The Morgan fingerprint density at radius 3 is 2.52 bits per heavy atom. The molecule has 0 atom stereocenters. The number of primary amides is 1. The van der Waals surface area contributed by atoms with Crippen molar-refractivity contribution in [3.63, 3.8) is 0 Å². The van der Waals surface area contributed by atoms with E-state index >= 15 is 0 Å². The summed E-state index contributed by atoms with van der Waals surface area (Å²) in [5.41, 5.74) is 6.63. The Balaban J connectivity index is 1.56. The molecule has 0 unspecified atom stereocenters. The Hall–Kier alpha value is -3.29. The number of rotatable bonds is 10. The molecule has 29 heavy (non-hydrogen) atoms. The molecule has 1 aromatic carbocycles. The Morgan fingerprint density at radius 2 is 1.90 bits per heavy atom. The fourth-order valence-electron chi connectivity index (χ4n) is 3.01. The molecule has 1 heterocycles. The van der Waals surface area contributed by atoms with Gasteiger partial charge < -0.3 is 26.4 Å². The van der Waals surface area contributed by atoms with Crippen molar-refractivity contribution in [1.29, 1.82) is 0 Å². The van der Waals surface area contributed by atoms with Gasteiger partial charge in [0.1, 0.15) is 17.4 Å². The van der Waals surface area contributed by atoms with Crippen molar-refractivity contribution in [3.8, 4) is 5.75 Å². The standard InChI is InChI=1S/C21H27N5O3/c1-29-16-8-6-15(7-9-16)25-18-11-10-17(19(22)27)20(26-18)23-12-3-13-24-21(28)14-4-2-5-14/h6-11,14H,2-5,12-13H2,1H3,(H2,22,27)(H,24,28)(H2,23,25,26). The molecule has 8 nitrogen and oxygen atoms in total. The molecule has 8 heteroatoms. The topological polar surface area (TPSA) is 118 Å². The number of nitrogens with two attached hydrogens (primary N) is 1. The number of anilines is 3. The summed E-state index contributed by atoms with van der Waals surface area (Å²) >= 11 is 0. The summed E-state index contributed by atoms with van der Waals surface area (Å²) in [5.74, 6) is 1.54. The second kappa shape index (κ2) is 9.77. The van der Waals surface area contributed by atoms with Gasteiger partial charge in [-0.1, -0.05) is 6.42 Å². The molecule has 0 saturated heterocycles. The maximum Gasteiger partial charge on any atom is 0.252 e. The number of nitrogens with one attached hydrogen (secondary N) is 3. The minimum atomic E-state index is -0.547. The van der Waals surface area contributed by atoms with Crippen LogP contribution in [0.25, 0.3) is 0 Å². The summed E-state index contributed by atoms with van der Waals surface area (Å²) < 4.78 is 5.15. The number of benzene rings is 1. The van der Waals surface area contributed by atoms with Crippen molar-refractivity contribution in [2.45, 2.75) is 25.7 Å². The number of aromatic nitrogens is 1. The van der Waals surface area contributed by atoms with Gasteiger partial charge in [0.05, 0.1) is 12.7 Å². The Morgan fingerprint density at radius 1 is 1.14 bits per heavy atom. The zero-order valence-corrected chi connectivity index (χ0v) is 16.5. The molecule has 0 bridgehead atoms. The lowest BCUT2D eigenvalue weighted by Gasteiger charge is -2.24. The van der Waals surface area contributed by atoms with E-state index in [0.717, 1.165) is 30.7 Å². The number of pyridine rings is 1. The lowest BCUT2D eigenvalue weighted by molar-refractivity contribution is -0.127. The van der Waals surface area contributed by atoms with Crippen molar-refractivity contribution in [1.82, 2.24) is 10.3 Å². The predicted octanol–water partition coefficient (Wildman–Crippen LogP) is 2.65. The number of amides is 2. The molecule has 1 aliphatic rings. The molecule has 1 aliphatic carbocycles. The first-order valence-corrected chi connectivity index (χ1v) is 9.80. The summed E-state index contributed by atoms with van der Waals surface area (Å²) in [6, 6.07) is 10.8. The zero-order valence-electron chi connectivity index (χ0n) is 16.5. The number of hydrogen-bond acceptors (Lipinski definition) is 6. The second-order valence-corrected chi connectivity index (χ2v) is 7.01. The van der Waals surface area contributed by atoms with Gasteiger partial charge in [0.25, 0.3) is 5.91 Å². The molecular formula is C21H27N5O3. The number of nitrogens with zero attached hydrogens (tertiary/aromatic N) is 1. The monoisotopic (exact) mass is 397 g/mol. The van der Waals surface area contributed by atoms with Crippen LogP contribution < -0.4 is 26.4 Å². The van der Waals surface area contributed by atoms with Crippen LogP contribution in [0.5, 0.6) is 5.75 Å². The van der Waals surface area contributed by atoms with E-state index in [0.29, 0.717) is 36.7 Å². The van der Waals surface area contributed by atoms with E-state index in [-0.39, 0.29) is 11.8 Å². The highest BCUT2D eigenvalue weighted by atomic mass is 16.5. The van der Waals surface area contributed by atoms with Crippen molar-refractivity contribution in [2.75, 3.05) is 30.8 Å². The number of methoxy groups -OCH3 is 1. The second-order valence-electron chi connectivity index (χ2n) is 7.01. The van der Waals surface area contributed by atoms with Gasteiger partial charge in [-0.2, -0.15) is 0 Å². The third kappa shape index (κ3) is 5.60. The van der Waals surface area contributed by atoms with E-state index in [1.165, 1.54) is 0 Å². The molecule has 5 N–H and O–H groups in total. The highest BCUT2D eigenvalue weighted by Gasteiger charge is 2.24. The number of carbonyl (C=O) groups excluding carboxylic acids is 2. The first-order chi connectivity index (χ1) is 14.1. The van der Waals surface area contributed by atoms with E-state index < -0.39 is 5.91 Å². The van der Waals surface area contributed by atoms with Crippen LogP contribution in [0, 0.1) is 5.92 Å². The maximum absolute atomic E-state index is 11.8. The van der Waals surface area contributed by atoms with Crippen molar-refractivity contribution in [3.05, 3.63) is 42.0 Å². The number of hydrogen-bond donors (Lipinski definition) is 4. The van der Waals surface area contributed by atoms with Gasteiger partial charge in [-0.25, -0.2) is 4.98 Å². The lowest BCUT2D eigenvalue weighted by Crippen LogP contribution is -2.35. The highest BCUT2D eigenvalue weighted by Crippen LogP contribution is 2.26. The van der Waals surface area contributed by atoms with Crippen LogP contribution in [0.15, 0.2) is 36.4 Å². The SMILES string of the molecule is COc1ccc(Nc2ccc(C(N)=O)c(NCCCNC(=O)C3CCC3)n2)cc1. The van der Waals surface area contributed by atoms with Crippen LogP contribution in [0.3, 0.4) is 0 Å². The highest BCUT2D eigenvalue weighted by molar-refractivity contribution is 5.98. The fraction of sp³-hybridized carbons (Fsp3) is 0.381. The van der Waals surface area contributed by atoms with Gasteiger partial charge in [-0.05, 0) is 55.7 Å². The molecule has 1 aromatic heterocycles. The van der Waals surface area contributed by atoms with Gasteiger partial charge >= 0.3 is 0 Å².